The van der Waals surface area contributed by atoms with E-state index in [1.807, 2.05) is 13.0 Å². The lowest BCUT2D eigenvalue weighted by Gasteiger charge is -2.14. The van der Waals surface area contributed by atoms with Gasteiger partial charge in [0.25, 0.3) is 0 Å². The lowest BCUT2D eigenvalue weighted by Crippen LogP contribution is -2.20. The largest absolute Gasteiger partial charge is 0.465 e. The molecule has 23 heavy (non-hydrogen) atoms. The van der Waals surface area contributed by atoms with Crippen molar-refractivity contribution in [2.75, 3.05) is 17.7 Å². The van der Waals surface area contributed by atoms with Crippen molar-refractivity contribution < 1.29 is 9.53 Å². The lowest BCUT2D eigenvalue weighted by molar-refractivity contribution is 0.0601. The second kappa shape index (κ2) is 7.64. The third kappa shape index (κ3) is 4.58. The van der Waals surface area contributed by atoms with Crippen LogP contribution in [0.5, 0.6) is 0 Å². The van der Waals surface area contributed by atoms with Gasteiger partial charge in [-0.1, -0.05) is 29.3 Å². The molecule has 0 unspecified atom stereocenters. The number of rotatable bonds is 3. The van der Waals surface area contributed by atoms with Gasteiger partial charge in [0.05, 0.1) is 22.7 Å². The monoisotopic (exact) mass is 368 g/mol. The standard InChI is InChI=1S/C16H14Cl2N2O2S/c1-9-3-4-10(15(21)22-2)7-14(9)20-16(23)19-11-5-6-12(17)13(18)8-11/h3-8H,1-2H3,(H2,19,20,23). The van der Waals surface area contributed by atoms with E-state index in [-0.39, 0.29) is 0 Å². The van der Waals surface area contributed by atoms with Crippen LogP contribution in [-0.2, 0) is 4.74 Å². The topological polar surface area (TPSA) is 50.4 Å². The number of thiocarbonyl (C=S) groups is 1. The van der Waals surface area contributed by atoms with Gasteiger partial charge >= 0.3 is 5.97 Å². The third-order valence-corrected chi connectivity index (χ3v) is 4.03. The smallest absolute Gasteiger partial charge is 0.337 e. The molecule has 0 spiro atoms. The number of hydrogen-bond acceptors (Lipinski definition) is 3. The first-order chi connectivity index (χ1) is 10.9. The highest BCUT2D eigenvalue weighted by Gasteiger charge is 2.09. The number of carbonyl (C=O) groups is 1. The highest BCUT2D eigenvalue weighted by molar-refractivity contribution is 7.80. The Hall–Kier alpha value is -1.82. The van der Waals surface area contributed by atoms with E-state index < -0.39 is 5.97 Å². The highest BCUT2D eigenvalue weighted by atomic mass is 35.5. The van der Waals surface area contributed by atoms with Crippen LogP contribution in [0.3, 0.4) is 0 Å². The minimum atomic E-state index is -0.406. The number of hydrogen-bond donors (Lipinski definition) is 2. The van der Waals surface area contributed by atoms with Crippen LogP contribution in [0.2, 0.25) is 10.0 Å². The Bertz CT molecular complexity index is 766. The van der Waals surface area contributed by atoms with Crippen LogP contribution in [0.25, 0.3) is 0 Å². The molecule has 0 aliphatic rings. The maximum atomic E-state index is 11.6. The molecule has 0 fully saturated rings. The van der Waals surface area contributed by atoms with Crippen molar-refractivity contribution >= 4 is 57.9 Å². The summed E-state index contributed by atoms with van der Waals surface area (Å²) in [6, 6.07) is 10.3. The van der Waals surface area contributed by atoms with Crippen molar-refractivity contribution in [2.45, 2.75) is 6.92 Å². The average molecular weight is 369 g/mol. The molecule has 2 rings (SSSR count). The van der Waals surface area contributed by atoms with Crippen LogP contribution in [0.15, 0.2) is 36.4 Å². The zero-order valence-electron chi connectivity index (χ0n) is 12.4. The summed E-state index contributed by atoms with van der Waals surface area (Å²) in [5.41, 5.74) is 2.80. The van der Waals surface area contributed by atoms with Gasteiger partial charge in [0, 0.05) is 11.4 Å². The Labute approximate surface area is 149 Å². The highest BCUT2D eigenvalue weighted by Crippen LogP contribution is 2.25. The fraction of sp³-hybridized carbons (Fsp3) is 0.125. The molecule has 7 heteroatoms. The van der Waals surface area contributed by atoms with Crippen molar-refractivity contribution in [3.8, 4) is 0 Å². The number of carbonyl (C=O) groups excluding carboxylic acids is 1. The fourth-order valence-electron chi connectivity index (χ4n) is 1.86. The van der Waals surface area contributed by atoms with E-state index in [2.05, 4.69) is 10.6 Å². The van der Waals surface area contributed by atoms with Gasteiger partial charge in [0.1, 0.15) is 0 Å². The number of esters is 1. The van der Waals surface area contributed by atoms with Crippen molar-refractivity contribution in [3.05, 3.63) is 57.6 Å². The average Bonchev–Trinajstić information content (AvgIpc) is 2.52. The number of nitrogens with one attached hydrogen (secondary N) is 2. The van der Waals surface area contributed by atoms with E-state index in [0.717, 1.165) is 5.56 Å². The zero-order chi connectivity index (χ0) is 17.0. The van der Waals surface area contributed by atoms with Crippen LogP contribution in [0.1, 0.15) is 15.9 Å². The van der Waals surface area contributed by atoms with E-state index in [4.69, 9.17) is 40.2 Å². The lowest BCUT2D eigenvalue weighted by atomic mass is 10.1. The van der Waals surface area contributed by atoms with Gasteiger partial charge in [-0.3, -0.25) is 0 Å². The van der Waals surface area contributed by atoms with Crippen molar-refractivity contribution in [1.82, 2.24) is 0 Å². The first-order valence-corrected chi connectivity index (χ1v) is 7.79. The van der Waals surface area contributed by atoms with E-state index in [1.165, 1.54) is 7.11 Å². The molecule has 0 radical (unpaired) electrons. The van der Waals surface area contributed by atoms with Crippen LogP contribution in [-0.4, -0.2) is 18.2 Å². The molecule has 0 amide bonds. The summed E-state index contributed by atoms with van der Waals surface area (Å²) in [4.78, 5) is 11.6. The Kier molecular flexibility index (Phi) is 5.82. The van der Waals surface area contributed by atoms with Gasteiger partial charge in [0.2, 0.25) is 0 Å². The Balaban J connectivity index is 2.13. The molecule has 0 heterocycles. The Morgan fingerprint density at radius 2 is 1.83 bits per heavy atom. The van der Waals surface area contributed by atoms with Crippen molar-refractivity contribution in [1.29, 1.82) is 0 Å². The Morgan fingerprint density at radius 3 is 2.48 bits per heavy atom. The summed E-state index contributed by atoms with van der Waals surface area (Å²) >= 11 is 17.1. The van der Waals surface area contributed by atoms with Crippen LogP contribution in [0, 0.1) is 6.92 Å². The first-order valence-electron chi connectivity index (χ1n) is 6.62. The van der Waals surface area contributed by atoms with E-state index in [1.54, 1.807) is 30.3 Å². The SMILES string of the molecule is COC(=O)c1ccc(C)c(NC(=S)Nc2ccc(Cl)c(Cl)c2)c1. The van der Waals surface area contributed by atoms with Gasteiger partial charge in [-0.15, -0.1) is 0 Å². The molecule has 0 saturated carbocycles. The molecule has 120 valence electrons. The predicted molar refractivity (Wildman–Crippen MR) is 98.8 cm³/mol. The fourth-order valence-corrected chi connectivity index (χ4v) is 2.39. The van der Waals surface area contributed by atoms with Gasteiger partial charge in [-0.05, 0) is 55.0 Å². The second-order valence-corrected chi connectivity index (χ2v) is 5.95. The number of aryl methyl sites for hydroxylation is 1. The van der Waals surface area contributed by atoms with E-state index in [0.29, 0.717) is 32.1 Å². The minimum Gasteiger partial charge on any atom is -0.465 e. The molecule has 0 aliphatic carbocycles. The third-order valence-electron chi connectivity index (χ3n) is 3.08. The number of ether oxygens (including phenoxy) is 1. The van der Waals surface area contributed by atoms with Crippen LogP contribution in [0.4, 0.5) is 11.4 Å². The summed E-state index contributed by atoms with van der Waals surface area (Å²) in [6.07, 6.45) is 0. The summed E-state index contributed by atoms with van der Waals surface area (Å²) < 4.78 is 4.71. The maximum Gasteiger partial charge on any atom is 0.337 e. The molecule has 0 bridgehead atoms. The minimum absolute atomic E-state index is 0.369. The van der Waals surface area contributed by atoms with Crippen LogP contribution < -0.4 is 10.6 Å². The number of anilines is 2. The number of methoxy groups -OCH3 is 1. The summed E-state index contributed by atoms with van der Waals surface area (Å²) in [6.45, 7) is 1.91. The van der Waals surface area contributed by atoms with E-state index in [9.17, 15) is 4.79 Å². The number of halogens is 2. The molecule has 4 nitrogen and oxygen atoms in total. The normalized spacial score (nSPS) is 10.1. The molecule has 2 N–H and O–H groups in total. The molecular weight excluding hydrogens is 355 g/mol. The predicted octanol–water partition coefficient (Wildman–Crippen LogP) is 4.90. The first kappa shape index (κ1) is 17.5. The molecule has 0 atom stereocenters. The molecule has 0 aliphatic heterocycles. The molecular formula is C16H14Cl2N2O2S. The quantitative estimate of drug-likeness (QED) is 0.596. The molecule has 0 aromatic heterocycles. The van der Waals surface area contributed by atoms with Crippen molar-refractivity contribution in [2.24, 2.45) is 0 Å². The summed E-state index contributed by atoms with van der Waals surface area (Å²) in [5, 5.41) is 7.33. The molecule has 2 aromatic rings. The van der Waals surface area contributed by atoms with Crippen LogP contribution >= 0.6 is 35.4 Å². The van der Waals surface area contributed by atoms with Gasteiger partial charge in [-0.2, -0.15) is 0 Å². The zero-order valence-corrected chi connectivity index (χ0v) is 14.8. The van der Waals surface area contributed by atoms with Gasteiger partial charge < -0.3 is 15.4 Å². The van der Waals surface area contributed by atoms with E-state index >= 15 is 0 Å². The number of benzene rings is 2. The molecule has 2 aromatic carbocycles. The second-order valence-electron chi connectivity index (χ2n) is 4.73. The summed E-state index contributed by atoms with van der Waals surface area (Å²) in [5.74, 6) is -0.406. The Morgan fingerprint density at radius 1 is 1.09 bits per heavy atom. The molecule has 0 saturated heterocycles. The van der Waals surface area contributed by atoms with Gasteiger partial charge in [0.15, 0.2) is 5.11 Å². The van der Waals surface area contributed by atoms with Crippen molar-refractivity contribution in [3.63, 3.8) is 0 Å². The maximum absolute atomic E-state index is 11.6. The van der Waals surface area contributed by atoms with Gasteiger partial charge in [-0.25, -0.2) is 4.79 Å². The summed E-state index contributed by atoms with van der Waals surface area (Å²) in [7, 11) is 1.34.